The van der Waals surface area contributed by atoms with Gasteiger partial charge < -0.3 is 4.48 Å². The Bertz CT molecular complexity index is 539. The van der Waals surface area contributed by atoms with Crippen LogP contribution in [0.1, 0.15) is 50.7 Å². The SMILES string of the molecule is CCCC[N+](CCCC)(CCc1ccccc1)Cc1ccccc1. The number of quaternary nitrogens is 1. The molecule has 1 heteroatoms. The summed E-state index contributed by atoms with van der Waals surface area (Å²) in [6, 6.07) is 22.1. The maximum atomic E-state index is 2.31. The molecule has 24 heavy (non-hydrogen) atoms. The van der Waals surface area contributed by atoms with Crippen molar-refractivity contribution in [2.45, 2.75) is 52.5 Å². The maximum absolute atomic E-state index is 2.31. The van der Waals surface area contributed by atoms with E-state index < -0.39 is 0 Å². The standard InChI is InChI=1S/C23H34N/c1-3-5-18-24(19-6-4-2,21-23-15-11-8-12-16-23)20-17-22-13-9-7-10-14-22/h7-16H,3-6,17-21H2,1-2H3/q+1. The van der Waals surface area contributed by atoms with Gasteiger partial charge in [-0.2, -0.15) is 0 Å². The molecule has 0 unspecified atom stereocenters. The summed E-state index contributed by atoms with van der Waals surface area (Å²) in [6.07, 6.45) is 6.40. The minimum atomic E-state index is 1.17. The molecule has 0 bridgehead atoms. The molecular formula is C23H34N+. The lowest BCUT2D eigenvalue weighted by Crippen LogP contribution is -2.50. The van der Waals surface area contributed by atoms with Crippen LogP contribution in [0, 0.1) is 0 Å². The van der Waals surface area contributed by atoms with E-state index in [9.17, 15) is 0 Å². The summed E-state index contributed by atoms with van der Waals surface area (Å²) < 4.78 is 1.24. The molecule has 0 N–H and O–H groups in total. The normalized spacial score (nSPS) is 11.6. The van der Waals surface area contributed by atoms with Crippen LogP contribution in [0.25, 0.3) is 0 Å². The van der Waals surface area contributed by atoms with E-state index in [1.54, 1.807) is 0 Å². The third kappa shape index (κ3) is 6.13. The summed E-state index contributed by atoms with van der Waals surface area (Å²) in [4.78, 5) is 0. The molecule has 0 radical (unpaired) electrons. The first-order valence-corrected chi connectivity index (χ1v) is 9.71. The molecule has 0 spiro atoms. The van der Waals surface area contributed by atoms with E-state index in [0.717, 1.165) is 0 Å². The number of rotatable bonds is 11. The first-order valence-electron chi connectivity index (χ1n) is 9.71. The highest BCUT2D eigenvalue weighted by Gasteiger charge is 2.26. The first kappa shape index (κ1) is 18.7. The average molecular weight is 325 g/mol. The maximum Gasteiger partial charge on any atom is 0.104 e. The van der Waals surface area contributed by atoms with Gasteiger partial charge in [-0.1, -0.05) is 87.4 Å². The molecule has 1 nitrogen and oxygen atoms in total. The Morgan fingerprint density at radius 3 is 1.62 bits per heavy atom. The Hall–Kier alpha value is -1.60. The van der Waals surface area contributed by atoms with Crippen LogP contribution in [0.2, 0.25) is 0 Å². The number of nitrogens with zero attached hydrogens (tertiary/aromatic N) is 1. The highest BCUT2D eigenvalue weighted by atomic mass is 15.3. The molecule has 0 saturated carbocycles. The molecule has 130 valence electrons. The van der Waals surface area contributed by atoms with Crippen LogP contribution in [0.15, 0.2) is 60.7 Å². The molecule has 0 fully saturated rings. The molecule has 2 aromatic carbocycles. The molecule has 2 rings (SSSR count). The second-order valence-corrected chi connectivity index (χ2v) is 7.10. The molecule has 0 aromatic heterocycles. The highest BCUT2D eigenvalue weighted by molar-refractivity contribution is 5.15. The number of hydrogen-bond donors (Lipinski definition) is 0. The number of unbranched alkanes of at least 4 members (excludes halogenated alkanes) is 2. The van der Waals surface area contributed by atoms with Crippen molar-refractivity contribution >= 4 is 0 Å². The van der Waals surface area contributed by atoms with Crippen molar-refractivity contribution in [1.29, 1.82) is 0 Å². The van der Waals surface area contributed by atoms with Gasteiger partial charge >= 0.3 is 0 Å². The lowest BCUT2D eigenvalue weighted by molar-refractivity contribution is -0.941. The van der Waals surface area contributed by atoms with E-state index in [1.807, 2.05) is 0 Å². The van der Waals surface area contributed by atoms with Gasteiger partial charge in [0.25, 0.3) is 0 Å². The summed E-state index contributed by atoms with van der Waals surface area (Å²) in [5, 5.41) is 0. The van der Waals surface area contributed by atoms with E-state index in [0.29, 0.717) is 0 Å². The number of hydrogen-bond acceptors (Lipinski definition) is 0. The predicted octanol–water partition coefficient (Wildman–Crippen LogP) is 5.85. The lowest BCUT2D eigenvalue weighted by atomic mass is 10.1. The Morgan fingerprint density at radius 1 is 0.625 bits per heavy atom. The fourth-order valence-corrected chi connectivity index (χ4v) is 3.54. The van der Waals surface area contributed by atoms with Gasteiger partial charge in [-0.05, 0) is 18.4 Å². The lowest BCUT2D eigenvalue weighted by Gasteiger charge is -2.39. The van der Waals surface area contributed by atoms with Gasteiger partial charge in [0.15, 0.2) is 0 Å². The zero-order chi connectivity index (χ0) is 17.1. The van der Waals surface area contributed by atoms with E-state index >= 15 is 0 Å². The molecular weight excluding hydrogens is 290 g/mol. The van der Waals surface area contributed by atoms with Crippen molar-refractivity contribution in [3.8, 4) is 0 Å². The van der Waals surface area contributed by atoms with Crippen LogP contribution in [-0.4, -0.2) is 24.1 Å². The minimum absolute atomic E-state index is 1.17. The smallest absolute Gasteiger partial charge is 0.104 e. The Labute approximate surface area is 148 Å². The van der Waals surface area contributed by atoms with Crippen LogP contribution in [0.3, 0.4) is 0 Å². The third-order valence-electron chi connectivity index (χ3n) is 5.05. The topological polar surface area (TPSA) is 0 Å². The van der Waals surface area contributed by atoms with Gasteiger partial charge in [0.05, 0.1) is 19.6 Å². The monoisotopic (exact) mass is 324 g/mol. The summed E-state index contributed by atoms with van der Waals surface area (Å²) in [7, 11) is 0. The molecule has 0 atom stereocenters. The second kappa shape index (κ2) is 10.3. The molecule has 2 aromatic rings. The van der Waals surface area contributed by atoms with Gasteiger partial charge in [0, 0.05) is 12.0 Å². The number of benzene rings is 2. The zero-order valence-corrected chi connectivity index (χ0v) is 15.6. The van der Waals surface area contributed by atoms with Gasteiger partial charge in [-0.25, -0.2) is 0 Å². The summed E-state index contributed by atoms with van der Waals surface area (Å²) in [5.41, 5.74) is 2.96. The van der Waals surface area contributed by atoms with Crippen molar-refractivity contribution in [3.05, 3.63) is 71.8 Å². The van der Waals surface area contributed by atoms with Gasteiger partial charge in [-0.3, -0.25) is 0 Å². The summed E-state index contributed by atoms with van der Waals surface area (Å²) in [6.45, 7) is 9.66. The van der Waals surface area contributed by atoms with Crippen LogP contribution in [-0.2, 0) is 13.0 Å². The van der Waals surface area contributed by atoms with Gasteiger partial charge in [0.1, 0.15) is 6.54 Å². The van der Waals surface area contributed by atoms with Crippen molar-refractivity contribution in [1.82, 2.24) is 0 Å². The first-order chi connectivity index (χ1) is 11.8. The van der Waals surface area contributed by atoms with Crippen LogP contribution >= 0.6 is 0 Å². The summed E-state index contributed by atoms with van der Waals surface area (Å²) in [5.74, 6) is 0. The Morgan fingerprint density at radius 2 is 1.12 bits per heavy atom. The van der Waals surface area contributed by atoms with Crippen molar-refractivity contribution in [2.24, 2.45) is 0 Å². The van der Waals surface area contributed by atoms with E-state index in [1.165, 1.54) is 73.9 Å². The highest BCUT2D eigenvalue weighted by Crippen LogP contribution is 2.20. The van der Waals surface area contributed by atoms with Crippen molar-refractivity contribution < 1.29 is 4.48 Å². The minimum Gasteiger partial charge on any atom is -0.320 e. The third-order valence-corrected chi connectivity index (χ3v) is 5.05. The van der Waals surface area contributed by atoms with Crippen LogP contribution in [0.5, 0.6) is 0 Å². The van der Waals surface area contributed by atoms with Gasteiger partial charge in [-0.15, -0.1) is 0 Å². The molecule has 0 saturated heterocycles. The largest absolute Gasteiger partial charge is 0.320 e. The molecule has 0 aliphatic carbocycles. The van der Waals surface area contributed by atoms with Crippen molar-refractivity contribution in [2.75, 3.05) is 19.6 Å². The Balaban J connectivity index is 2.15. The van der Waals surface area contributed by atoms with Crippen LogP contribution < -0.4 is 0 Å². The van der Waals surface area contributed by atoms with E-state index in [2.05, 4.69) is 74.5 Å². The second-order valence-electron chi connectivity index (χ2n) is 7.10. The molecule has 0 aliphatic rings. The van der Waals surface area contributed by atoms with E-state index in [4.69, 9.17) is 0 Å². The zero-order valence-electron chi connectivity index (χ0n) is 15.6. The van der Waals surface area contributed by atoms with Crippen molar-refractivity contribution in [3.63, 3.8) is 0 Å². The Kier molecular flexibility index (Phi) is 8.04. The quantitative estimate of drug-likeness (QED) is 0.455. The fourth-order valence-electron chi connectivity index (χ4n) is 3.54. The predicted molar refractivity (Wildman–Crippen MR) is 105 cm³/mol. The van der Waals surface area contributed by atoms with Crippen LogP contribution in [0.4, 0.5) is 0 Å². The summed E-state index contributed by atoms with van der Waals surface area (Å²) >= 11 is 0. The molecule has 0 heterocycles. The van der Waals surface area contributed by atoms with E-state index in [-0.39, 0.29) is 0 Å². The van der Waals surface area contributed by atoms with Gasteiger partial charge in [0.2, 0.25) is 0 Å². The fraction of sp³-hybridized carbons (Fsp3) is 0.478. The molecule has 0 amide bonds. The molecule has 0 aliphatic heterocycles. The average Bonchev–Trinajstić information content (AvgIpc) is 2.64.